The van der Waals surface area contributed by atoms with Gasteiger partial charge in [-0.15, -0.1) is 0 Å². The lowest BCUT2D eigenvalue weighted by atomic mass is 10.0. The van der Waals surface area contributed by atoms with Crippen molar-refractivity contribution in [3.05, 3.63) is 23.8 Å². The number of rotatable bonds is 17. The number of carbonyl (C=O) groups is 1. The van der Waals surface area contributed by atoms with Crippen LogP contribution in [0, 0.1) is 0 Å². The van der Waals surface area contributed by atoms with E-state index < -0.39 is 0 Å². The highest BCUT2D eigenvalue weighted by Gasteiger charge is 2.08. The maximum Gasteiger partial charge on any atom is 0.311 e. The molecule has 160 valence electrons. The van der Waals surface area contributed by atoms with Crippen LogP contribution >= 0.6 is 12.6 Å². The molecule has 1 aromatic rings. The van der Waals surface area contributed by atoms with Crippen LogP contribution in [0.25, 0.3) is 0 Å². The highest BCUT2D eigenvalue weighted by Crippen LogP contribution is 2.25. The number of hydrogen-bond donors (Lipinski definition) is 2. The summed E-state index contributed by atoms with van der Waals surface area (Å²) in [5, 5.41) is 10.0. The zero-order valence-electron chi connectivity index (χ0n) is 17.8. The summed E-state index contributed by atoms with van der Waals surface area (Å²) in [5.74, 6) is 1.67. The maximum atomic E-state index is 11.8. The standard InChI is InChI=1S/C24H40O3S/c1-2-3-16-24(26)27-22-17-18-23(25)21(20-22)15-13-11-9-7-5-4-6-8-10-12-14-19-28/h17-18,20,25,28H,2-16,19H2,1H3. The highest BCUT2D eigenvalue weighted by molar-refractivity contribution is 7.80. The molecule has 0 saturated carbocycles. The van der Waals surface area contributed by atoms with Gasteiger partial charge in [0.2, 0.25) is 0 Å². The van der Waals surface area contributed by atoms with Crippen molar-refractivity contribution in [2.45, 2.75) is 103 Å². The van der Waals surface area contributed by atoms with Gasteiger partial charge in [-0.25, -0.2) is 0 Å². The Labute approximate surface area is 177 Å². The zero-order valence-corrected chi connectivity index (χ0v) is 18.7. The Morgan fingerprint density at radius 2 is 1.46 bits per heavy atom. The minimum atomic E-state index is -0.194. The minimum Gasteiger partial charge on any atom is -0.508 e. The van der Waals surface area contributed by atoms with E-state index in [1.165, 1.54) is 64.2 Å². The van der Waals surface area contributed by atoms with Gasteiger partial charge in [-0.2, -0.15) is 12.6 Å². The third-order valence-electron chi connectivity index (χ3n) is 5.12. The average molecular weight is 409 g/mol. The second-order valence-electron chi connectivity index (χ2n) is 7.73. The van der Waals surface area contributed by atoms with E-state index >= 15 is 0 Å². The van der Waals surface area contributed by atoms with Crippen LogP contribution in [0.5, 0.6) is 11.5 Å². The number of hydrogen-bond acceptors (Lipinski definition) is 4. The van der Waals surface area contributed by atoms with E-state index in [0.717, 1.165) is 37.0 Å². The normalized spacial score (nSPS) is 10.9. The fourth-order valence-electron chi connectivity index (χ4n) is 3.35. The summed E-state index contributed by atoms with van der Waals surface area (Å²) in [6.07, 6.45) is 17.3. The fraction of sp³-hybridized carbons (Fsp3) is 0.708. The number of benzene rings is 1. The van der Waals surface area contributed by atoms with Gasteiger partial charge in [0.1, 0.15) is 11.5 Å². The molecule has 0 radical (unpaired) electrons. The first-order valence-corrected chi connectivity index (χ1v) is 11.9. The molecule has 0 aromatic heterocycles. The molecule has 0 fully saturated rings. The van der Waals surface area contributed by atoms with E-state index in [2.05, 4.69) is 19.6 Å². The van der Waals surface area contributed by atoms with Crippen LogP contribution in [-0.2, 0) is 11.2 Å². The number of unbranched alkanes of at least 4 members (excludes halogenated alkanes) is 11. The van der Waals surface area contributed by atoms with Gasteiger partial charge in [0, 0.05) is 6.42 Å². The summed E-state index contributed by atoms with van der Waals surface area (Å²) in [6, 6.07) is 5.11. The first-order valence-electron chi connectivity index (χ1n) is 11.3. The second kappa shape index (κ2) is 16.8. The van der Waals surface area contributed by atoms with Gasteiger partial charge in [0.15, 0.2) is 0 Å². The topological polar surface area (TPSA) is 46.5 Å². The fourth-order valence-corrected chi connectivity index (χ4v) is 3.57. The summed E-state index contributed by atoms with van der Waals surface area (Å²) in [4.78, 5) is 11.8. The van der Waals surface area contributed by atoms with Crippen LogP contribution in [0.2, 0.25) is 0 Å². The number of thiol groups is 1. The second-order valence-corrected chi connectivity index (χ2v) is 8.18. The van der Waals surface area contributed by atoms with E-state index in [1.807, 2.05) is 6.07 Å². The molecule has 28 heavy (non-hydrogen) atoms. The molecule has 0 aliphatic rings. The summed E-state index contributed by atoms with van der Waals surface area (Å²) < 4.78 is 5.37. The molecule has 1 N–H and O–H groups in total. The third-order valence-corrected chi connectivity index (χ3v) is 5.44. The number of phenolic OH excluding ortho intramolecular Hbond substituents is 1. The van der Waals surface area contributed by atoms with Gasteiger partial charge < -0.3 is 9.84 Å². The number of aromatic hydroxyl groups is 1. The number of aryl methyl sites for hydroxylation is 1. The minimum absolute atomic E-state index is 0.194. The van der Waals surface area contributed by atoms with Gasteiger partial charge in [-0.3, -0.25) is 4.79 Å². The van der Waals surface area contributed by atoms with Crippen LogP contribution in [0.4, 0.5) is 0 Å². The highest BCUT2D eigenvalue weighted by atomic mass is 32.1. The molecule has 0 atom stereocenters. The molecule has 1 aromatic carbocycles. The van der Waals surface area contributed by atoms with Crippen LogP contribution in [0.15, 0.2) is 18.2 Å². The van der Waals surface area contributed by atoms with Gasteiger partial charge in [0.25, 0.3) is 0 Å². The molecule has 4 heteroatoms. The Morgan fingerprint density at radius 1 is 0.893 bits per heavy atom. The zero-order chi connectivity index (χ0) is 20.5. The van der Waals surface area contributed by atoms with Crippen LogP contribution in [0.1, 0.15) is 102 Å². The molecular formula is C24H40O3S. The Bertz CT molecular complexity index is 531. The summed E-state index contributed by atoms with van der Waals surface area (Å²) in [7, 11) is 0. The Balaban J connectivity index is 2.13. The first-order chi connectivity index (χ1) is 13.7. The van der Waals surface area contributed by atoms with Gasteiger partial charge in [-0.05, 0) is 55.2 Å². The van der Waals surface area contributed by atoms with Crippen molar-refractivity contribution in [3.8, 4) is 11.5 Å². The average Bonchev–Trinajstić information content (AvgIpc) is 2.69. The van der Waals surface area contributed by atoms with Crippen molar-refractivity contribution in [3.63, 3.8) is 0 Å². The van der Waals surface area contributed by atoms with Crippen molar-refractivity contribution < 1.29 is 14.6 Å². The van der Waals surface area contributed by atoms with Crippen LogP contribution < -0.4 is 4.74 Å². The molecule has 0 aliphatic heterocycles. The van der Waals surface area contributed by atoms with E-state index in [9.17, 15) is 9.90 Å². The van der Waals surface area contributed by atoms with Crippen LogP contribution in [0.3, 0.4) is 0 Å². The molecular weight excluding hydrogens is 368 g/mol. The number of ether oxygens (including phenoxy) is 1. The third kappa shape index (κ3) is 12.3. The molecule has 0 saturated heterocycles. The van der Waals surface area contributed by atoms with Crippen molar-refractivity contribution in [1.82, 2.24) is 0 Å². The predicted octanol–water partition coefficient (Wildman–Crippen LogP) is 7.25. The van der Waals surface area contributed by atoms with Gasteiger partial charge in [-0.1, -0.05) is 71.1 Å². The molecule has 1 rings (SSSR count). The largest absolute Gasteiger partial charge is 0.508 e. The number of esters is 1. The lowest BCUT2D eigenvalue weighted by Gasteiger charge is -2.09. The lowest BCUT2D eigenvalue weighted by Crippen LogP contribution is -2.07. The quantitative estimate of drug-likeness (QED) is 0.123. The number of carbonyl (C=O) groups excluding carboxylic acids is 1. The van der Waals surface area contributed by atoms with Crippen molar-refractivity contribution in [2.24, 2.45) is 0 Å². The van der Waals surface area contributed by atoms with Crippen LogP contribution in [-0.4, -0.2) is 16.8 Å². The Hall–Kier alpha value is -1.16. The molecule has 0 aliphatic carbocycles. The Kier molecular flexibility index (Phi) is 14.9. The molecule has 0 amide bonds. The van der Waals surface area contributed by atoms with E-state index in [1.54, 1.807) is 12.1 Å². The van der Waals surface area contributed by atoms with Crippen molar-refractivity contribution >= 4 is 18.6 Å². The van der Waals surface area contributed by atoms with Crippen molar-refractivity contribution in [2.75, 3.05) is 5.75 Å². The summed E-state index contributed by atoms with van der Waals surface area (Å²) in [5.41, 5.74) is 0.877. The first kappa shape index (κ1) is 24.9. The summed E-state index contributed by atoms with van der Waals surface area (Å²) in [6.45, 7) is 2.05. The maximum absolute atomic E-state index is 11.8. The van der Waals surface area contributed by atoms with E-state index in [-0.39, 0.29) is 5.97 Å². The molecule has 0 spiro atoms. The SMILES string of the molecule is CCCCC(=O)Oc1ccc(O)c(CCCCCCCCCCCCCS)c1. The monoisotopic (exact) mass is 408 g/mol. The lowest BCUT2D eigenvalue weighted by molar-refractivity contribution is -0.134. The molecule has 0 heterocycles. The van der Waals surface area contributed by atoms with Gasteiger partial charge >= 0.3 is 5.97 Å². The molecule has 3 nitrogen and oxygen atoms in total. The Morgan fingerprint density at radius 3 is 2.04 bits per heavy atom. The molecule has 0 bridgehead atoms. The summed E-state index contributed by atoms with van der Waals surface area (Å²) >= 11 is 4.24. The molecule has 0 unspecified atom stereocenters. The van der Waals surface area contributed by atoms with Crippen molar-refractivity contribution in [1.29, 1.82) is 0 Å². The van der Waals surface area contributed by atoms with E-state index in [0.29, 0.717) is 17.9 Å². The van der Waals surface area contributed by atoms with E-state index in [4.69, 9.17) is 4.74 Å². The number of phenols is 1. The smallest absolute Gasteiger partial charge is 0.311 e. The van der Waals surface area contributed by atoms with Gasteiger partial charge in [0.05, 0.1) is 0 Å². The predicted molar refractivity (Wildman–Crippen MR) is 122 cm³/mol.